The number of aliphatic imine (C=N–C) groups is 1. The van der Waals surface area contributed by atoms with Crippen molar-refractivity contribution in [1.82, 2.24) is 20.7 Å². The van der Waals surface area contributed by atoms with Crippen LogP contribution in [0.2, 0.25) is 0 Å². The van der Waals surface area contributed by atoms with Gasteiger partial charge in [0.25, 0.3) is 0 Å². The van der Waals surface area contributed by atoms with Crippen LogP contribution in [0.4, 0.5) is 0 Å². The molecule has 0 radical (unpaired) electrons. The van der Waals surface area contributed by atoms with Crippen molar-refractivity contribution >= 4 is 29.9 Å². The Morgan fingerprint density at radius 1 is 1.27 bits per heavy atom. The van der Waals surface area contributed by atoms with Gasteiger partial charge in [-0.05, 0) is 44.5 Å². The molecule has 0 aromatic carbocycles. The predicted octanol–water partition coefficient (Wildman–Crippen LogP) is 3.77. The van der Waals surface area contributed by atoms with Crippen LogP contribution in [0.15, 0.2) is 32.3 Å². The van der Waals surface area contributed by atoms with Crippen molar-refractivity contribution in [2.75, 3.05) is 26.2 Å². The molecular weight excluding hydrogens is 493 g/mol. The van der Waals surface area contributed by atoms with Crippen LogP contribution in [0.3, 0.4) is 0 Å². The number of hydrogen-bond acceptors (Lipinski definition) is 5. The number of likely N-dealkylation sites (tertiary alicyclic amines) is 1. The molecule has 1 atom stereocenters. The van der Waals surface area contributed by atoms with Crippen LogP contribution in [-0.4, -0.2) is 48.2 Å². The van der Waals surface area contributed by atoms with Gasteiger partial charge in [0.1, 0.15) is 11.5 Å². The molecule has 30 heavy (non-hydrogen) atoms. The smallest absolute Gasteiger partial charge is 0.191 e. The van der Waals surface area contributed by atoms with E-state index in [1.165, 1.54) is 19.4 Å². The van der Waals surface area contributed by atoms with Crippen LogP contribution in [0.1, 0.15) is 56.4 Å². The molecule has 0 amide bonds. The topological polar surface area (TPSA) is 78.8 Å². The van der Waals surface area contributed by atoms with E-state index in [0.717, 1.165) is 67.6 Å². The largest absolute Gasteiger partial charge is 0.469 e. The number of guanidine groups is 1. The Morgan fingerprint density at radius 2 is 2.13 bits per heavy atom. The van der Waals surface area contributed by atoms with Crippen LogP contribution in [0.5, 0.6) is 0 Å². The Kier molecular flexibility index (Phi) is 10.7. The summed E-state index contributed by atoms with van der Waals surface area (Å²) in [4.78, 5) is 7.40. The monoisotopic (exact) mass is 529 g/mol. The SMILES string of the molecule is CCc1noc(CC)c1CN=C(NCCc1ccco1)NCC1CCCN1CC.I. The van der Waals surface area contributed by atoms with Gasteiger partial charge < -0.3 is 19.6 Å². The first-order chi connectivity index (χ1) is 14.2. The number of aryl methyl sites for hydroxylation is 2. The fourth-order valence-corrected chi connectivity index (χ4v) is 3.97. The first-order valence-electron chi connectivity index (χ1n) is 11.0. The summed E-state index contributed by atoms with van der Waals surface area (Å²) in [5.74, 6) is 2.75. The number of hydrogen-bond donors (Lipinski definition) is 2. The van der Waals surface area contributed by atoms with Crippen molar-refractivity contribution in [1.29, 1.82) is 0 Å². The number of nitrogens with zero attached hydrogens (tertiary/aromatic N) is 3. The number of halogens is 1. The van der Waals surface area contributed by atoms with Crippen LogP contribution >= 0.6 is 24.0 Å². The van der Waals surface area contributed by atoms with Crippen molar-refractivity contribution in [3.63, 3.8) is 0 Å². The van der Waals surface area contributed by atoms with E-state index in [1.807, 2.05) is 12.1 Å². The fraction of sp³-hybridized carbons (Fsp3) is 0.636. The first kappa shape index (κ1) is 24.7. The van der Waals surface area contributed by atoms with Gasteiger partial charge in [0.2, 0.25) is 0 Å². The molecule has 0 saturated carbocycles. The average Bonchev–Trinajstić information content (AvgIpc) is 3.49. The number of aromatic nitrogens is 1. The number of likely N-dealkylation sites (N-methyl/N-ethyl adjacent to an activating group) is 1. The summed E-state index contributed by atoms with van der Waals surface area (Å²) >= 11 is 0. The highest BCUT2D eigenvalue weighted by molar-refractivity contribution is 14.0. The van der Waals surface area contributed by atoms with E-state index in [2.05, 4.69) is 41.5 Å². The lowest BCUT2D eigenvalue weighted by Gasteiger charge is -2.24. The van der Waals surface area contributed by atoms with Gasteiger partial charge in [-0.15, -0.1) is 24.0 Å². The van der Waals surface area contributed by atoms with Crippen molar-refractivity contribution in [2.24, 2.45) is 4.99 Å². The molecule has 0 spiro atoms. The van der Waals surface area contributed by atoms with Gasteiger partial charge in [0.15, 0.2) is 5.96 Å². The molecule has 3 heterocycles. The van der Waals surface area contributed by atoms with E-state index in [9.17, 15) is 0 Å². The lowest BCUT2D eigenvalue weighted by atomic mass is 10.1. The highest BCUT2D eigenvalue weighted by atomic mass is 127. The van der Waals surface area contributed by atoms with E-state index in [1.54, 1.807) is 6.26 Å². The van der Waals surface area contributed by atoms with Gasteiger partial charge >= 0.3 is 0 Å². The van der Waals surface area contributed by atoms with Crippen molar-refractivity contribution in [2.45, 2.75) is 65.5 Å². The quantitative estimate of drug-likeness (QED) is 0.277. The molecule has 2 aromatic rings. The van der Waals surface area contributed by atoms with Gasteiger partial charge in [-0.2, -0.15) is 0 Å². The molecule has 0 aliphatic carbocycles. The number of nitrogens with one attached hydrogen (secondary N) is 2. The normalized spacial score (nSPS) is 17.2. The van der Waals surface area contributed by atoms with Crippen LogP contribution < -0.4 is 10.6 Å². The summed E-state index contributed by atoms with van der Waals surface area (Å²) in [6, 6.07) is 4.50. The Hall–Kier alpha value is -1.55. The zero-order valence-electron chi connectivity index (χ0n) is 18.4. The third-order valence-corrected chi connectivity index (χ3v) is 5.66. The molecule has 7 nitrogen and oxygen atoms in total. The maximum atomic E-state index is 5.49. The second-order valence-electron chi connectivity index (χ2n) is 7.46. The zero-order valence-corrected chi connectivity index (χ0v) is 20.8. The lowest BCUT2D eigenvalue weighted by molar-refractivity contribution is 0.267. The van der Waals surface area contributed by atoms with Gasteiger partial charge in [0.05, 0.1) is 18.5 Å². The molecule has 3 rings (SSSR count). The Balaban J connectivity index is 0.00000320. The summed E-state index contributed by atoms with van der Waals surface area (Å²) in [5, 5.41) is 11.2. The van der Waals surface area contributed by atoms with Gasteiger partial charge in [0, 0.05) is 37.5 Å². The fourth-order valence-electron chi connectivity index (χ4n) is 3.97. The van der Waals surface area contributed by atoms with E-state index in [0.29, 0.717) is 12.6 Å². The van der Waals surface area contributed by atoms with E-state index < -0.39 is 0 Å². The third kappa shape index (κ3) is 6.73. The standard InChI is InChI=1S/C22H35N5O2.HI/c1-4-20-19(21(5-2)29-26-20)16-25-22(23-12-11-18-10-8-14-28-18)24-15-17-9-7-13-27(17)6-3;/h8,10,14,17H,4-7,9,11-13,15-16H2,1-3H3,(H2,23,24,25);1H. The molecule has 1 aliphatic heterocycles. The summed E-state index contributed by atoms with van der Waals surface area (Å²) in [6.45, 7) is 11.0. The maximum Gasteiger partial charge on any atom is 0.191 e. The maximum absolute atomic E-state index is 5.49. The predicted molar refractivity (Wildman–Crippen MR) is 130 cm³/mol. The van der Waals surface area contributed by atoms with Gasteiger partial charge in [-0.3, -0.25) is 4.90 Å². The Morgan fingerprint density at radius 3 is 2.83 bits per heavy atom. The van der Waals surface area contributed by atoms with E-state index in [4.69, 9.17) is 13.9 Å². The van der Waals surface area contributed by atoms with Crippen LogP contribution in [0.25, 0.3) is 0 Å². The van der Waals surface area contributed by atoms with E-state index in [-0.39, 0.29) is 24.0 Å². The van der Waals surface area contributed by atoms with Crippen LogP contribution in [-0.2, 0) is 25.8 Å². The third-order valence-electron chi connectivity index (χ3n) is 5.66. The zero-order chi connectivity index (χ0) is 20.5. The van der Waals surface area contributed by atoms with Gasteiger partial charge in [-0.25, -0.2) is 4.99 Å². The minimum Gasteiger partial charge on any atom is -0.469 e. The van der Waals surface area contributed by atoms with Crippen molar-refractivity contribution < 1.29 is 8.94 Å². The molecule has 2 aromatic heterocycles. The summed E-state index contributed by atoms with van der Waals surface area (Å²) in [5.41, 5.74) is 2.13. The molecule has 1 fully saturated rings. The average molecular weight is 529 g/mol. The molecule has 2 N–H and O–H groups in total. The molecule has 1 unspecified atom stereocenters. The number of furan rings is 1. The summed E-state index contributed by atoms with van der Waals surface area (Å²) in [7, 11) is 0. The molecule has 0 bridgehead atoms. The highest BCUT2D eigenvalue weighted by Crippen LogP contribution is 2.17. The molecule has 1 aliphatic rings. The van der Waals surface area contributed by atoms with Gasteiger partial charge in [-0.1, -0.05) is 25.9 Å². The minimum atomic E-state index is 0. The molecule has 1 saturated heterocycles. The van der Waals surface area contributed by atoms with Crippen molar-refractivity contribution in [3.05, 3.63) is 41.2 Å². The van der Waals surface area contributed by atoms with Crippen LogP contribution in [0, 0.1) is 0 Å². The lowest BCUT2D eigenvalue weighted by Crippen LogP contribution is -2.45. The Bertz CT molecular complexity index is 738. The molecule has 8 heteroatoms. The Labute approximate surface area is 197 Å². The van der Waals surface area contributed by atoms with Crippen molar-refractivity contribution in [3.8, 4) is 0 Å². The summed E-state index contributed by atoms with van der Waals surface area (Å²) < 4.78 is 10.9. The second kappa shape index (κ2) is 13.0. The number of rotatable bonds is 10. The molecule has 168 valence electrons. The molecular formula is C22H36IN5O2. The first-order valence-corrected chi connectivity index (χ1v) is 11.0. The summed E-state index contributed by atoms with van der Waals surface area (Å²) in [6.07, 6.45) is 6.75. The minimum absolute atomic E-state index is 0. The van der Waals surface area contributed by atoms with E-state index >= 15 is 0 Å². The second-order valence-corrected chi connectivity index (χ2v) is 7.46. The highest BCUT2D eigenvalue weighted by Gasteiger charge is 2.23.